The molecule has 3 aromatic rings. The van der Waals surface area contributed by atoms with Crippen LogP contribution in [0.4, 0.5) is 0 Å². The summed E-state index contributed by atoms with van der Waals surface area (Å²) < 4.78 is 0. The summed E-state index contributed by atoms with van der Waals surface area (Å²) in [6.07, 6.45) is 0.926. The van der Waals surface area contributed by atoms with E-state index in [2.05, 4.69) is 42.2 Å². The van der Waals surface area contributed by atoms with E-state index in [9.17, 15) is 57.8 Å². The third-order valence-corrected chi connectivity index (χ3v) is 13.9. The van der Waals surface area contributed by atoms with Gasteiger partial charge < -0.3 is 81.6 Å². The van der Waals surface area contributed by atoms with Gasteiger partial charge in [0.1, 0.15) is 48.0 Å². The van der Waals surface area contributed by atoms with Gasteiger partial charge >= 0.3 is 0 Å². The molecule has 1 aliphatic rings. The number of nitrogens with one attached hydrogen (secondary N) is 7. The Balaban J connectivity index is 1.51. The van der Waals surface area contributed by atoms with E-state index in [1.54, 1.807) is 72.8 Å². The summed E-state index contributed by atoms with van der Waals surface area (Å²) in [5.41, 5.74) is 35.7. The fourth-order valence-corrected chi connectivity index (χ4v) is 9.36. The highest BCUT2D eigenvalue weighted by atomic mass is 32.2. The monoisotopic (exact) mass is 1170 g/mol. The largest absolute Gasteiger partial charge is 0.508 e. The molecule has 4 rings (SSSR count). The van der Waals surface area contributed by atoms with Gasteiger partial charge in [-0.2, -0.15) is 11.8 Å². The van der Waals surface area contributed by atoms with Gasteiger partial charge in [-0.15, -0.1) is 0 Å². The van der Waals surface area contributed by atoms with Gasteiger partial charge in [-0.05, 0) is 92.2 Å². The van der Waals surface area contributed by atoms with Crippen molar-refractivity contribution in [3.8, 4) is 5.75 Å². The number of amides is 11. The van der Waals surface area contributed by atoms with Crippen LogP contribution in [0.25, 0.3) is 0 Å². The highest BCUT2D eigenvalue weighted by Crippen LogP contribution is 2.21. The zero-order chi connectivity index (χ0) is 61.0. The molecule has 3 aromatic carbocycles. The molecule has 11 amide bonds. The van der Waals surface area contributed by atoms with Crippen LogP contribution in [0, 0.1) is 0 Å². The van der Waals surface area contributed by atoms with E-state index < -0.39 is 133 Å². The lowest BCUT2D eigenvalue weighted by atomic mass is 10.0. The van der Waals surface area contributed by atoms with Gasteiger partial charge in [0, 0.05) is 38.8 Å². The molecule has 20 N–H and O–H groups in total. The van der Waals surface area contributed by atoms with Crippen LogP contribution >= 0.6 is 11.8 Å². The van der Waals surface area contributed by atoms with E-state index in [-0.39, 0.29) is 89.0 Å². The molecule has 1 fully saturated rings. The molecule has 0 spiro atoms. The molecule has 0 aliphatic carbocycles. The van der Waals surface area contributed by atoms with E-state index in [0.717, 1.165) is 4.90 Å². The van der Waals surface area contributed by atoms with Gasteiger partial charge in [0.15, 0.2) is 5.96 Å². The number of likely N-dealkylation sites (tertiary alicyclic amines) is 1. The van der Waals surface area contributed by atoms with E-state index in [1.807, 2.05) is 6.26 Å². The van der Waals surface area contributed by atoms with Crippen LogP contribution in [0.1, 0.15) is 74.5 Å². The number of aromatic hydroxyl groups is 1. The maximum Gasteiger partial charge on any atom is 0.245 e. The lowest BCUT2D eigenvalue weighted by molar-refractivity contribution is -0.143. The smallest absolute Gasteiger partial charge is 0.245 e. The number of nitrogens with zero attached hydrogens (tertiary/aromatic N) is 2. The second-order valence-electron chi connectivity index (χ2n) is 19.8. The average Bonchev–Trinajstić information content (AvgIpc) is 4.22. The SMILES string of the molecule is CSCC[C@@H](NC(=O)[C@@H](N)Cc1ccc(O)cc1)C(=O)NCC(=O)N[C@@H](Cc1ccccc1)C(=O)N[C@@H](CCC(N)=O)C(=O)N1CCC[C@H]1C(=O)N[C@@H](CCC(N)=O)C(=O)N[C@@H](CCCN=C(N)N)C(=O)N[C@@H](Cc1ccccc1)C(N)=O. The molecule has 0 bridgehead atoms. The van der Waals surface area contributed by atoms with Gasteiger partial charge in [-0.3, -0.25) is 57.7 Å². The van der Waals surface area contributed by atoms with Crippen molar-refractivity contribution >= 4 is 82.7 Å². The molecule has 0 saturated carbocycles. The van der Waals surface area contributed by atoms with Crippen LogP contribution in [-0.4, -0.2) is 161 Å². The van der Waals surface area contributed by atoms with Crippen LogP contribution in [0.15, 0.2) is 89.9 Å². The number of primary amides is 3. The van der Waals surface area contributed by atoms with Crippen molar-refractivity contribution in [3.05, 3.63) is 102 Å². The maximum atomic E-state index is 14.6. The number of phenolic OH excluding ortho intramolecular Hbond substituents is 1. The zero-order valence-electron chi connectivity index (χ0n) is 46.2. The number of carbonyl (C=O) groups is 11. The molecule has 450 valence electrons. The predicted octanol–water partition coefficient (Wildman–Crippen LogP) is -3.41. The molecule has 0 radical (unpaired) electrons. The predicted molar refractivity (Wildman–Crippen MR) is 308 cm³/mol. The summed E-state index contributed by atoms with van der Waals surface area (Å²) in [6.45, 7) is -0.619. The number of hydrogen-bond acceptors (Lipinski definition) is 15. The minimum Gasteiger partial charge on any atom is -0.508 e. The number of phenols is 1. The number of benzene rings is 3. The highest BCUT2D eigenvalue weighted by Gasteiger charge is 2.40. The Kier molecular flexibility index (Phi) is 27.7. The molecule has 1 heterocycles. The normalized spacial score (nSPS) is 15.3. The Bertz CT molecular complexity index is 2740. The van der Waals surface area contributed by atoms with E-state index in [4.69, 9.17) is 34.4 Å². The van der Waals surface area contributed by atoms with E-state index in [1.165, 1.54) is 23.9 Å². The number of thioether (sulfide) groups is 1. The first-order chi connectivity index (χ1) is 39.5. The second-order valence-corrected chi connectivity index (χ2v) is 20.8. The number of guanidine groups is 1. The molecule has 1 saturated heterocycles. The molecule has 28 heteroatoms. The second kappa shape index (κ2) is 34.5. The molecular weight excluding hydrogens is 1090 g/mol. The third-order valence-electron chi connectivity index (χ3n) is 13.3. The third kappa shape index (κ3) is 23.7. The first-order valence-corrected chi connectivity index (χ1v) is 28.3. The lowest BCUT2D eigenvalue weighted by Gasteiger charge is -2.31. The maximum absolute atomic E-state index is 14.6. The summed E-state index contributed by atoms with van der Waals surface area (Å²) in [6, 6.07) is 13.0. The number of carbonyl (C=O) groups excluding carboxylic acids is 11. The van der Waals surface area contributed by atoms with Crippen LogP contribution in [0.2, 0.25) is 0 Å². The van der Waals surface area contributed by atoms with Crippen molar-refractivity contribution in [2.75, 3.05) is 31.6 Å². The van der Waals surface area contributed by atoms with Crippen LogP contribution in [-0.2, 0) is 72.0 Å². The van der Waals surface area contributed by atoms with Crippen LogP contribution in [0.3, 0.4) is 0 Å². The Hall–Kier alpha value is -8.79. The first-order valence-electron chi connectivity index (χ1n) is 27.0. The fraction of sp³-hybridized carbons (Fsp3) is 0.455. The van der Waals surface area contributed by atoms with Crippen LogP contribution < -0.4 is 71.6 Å². The van der Waals surface area contributed by atoms with Gasteiger partial charge in [0.05, 0.1) is 12.6 Å². The van der Waals surface area contributed by atoms with Gasteiger partial charge in [-0.1, -0.05) is 72.8 Å². The standard InChI is InChI=1S/C55H77N15O12S/c1-83-27-24-39(65-48(76)36(56)28-34-16-18-35(71)19-17-34)49(77)63-31-46(74)64-42(30-33-12-6-3-7-13-33)52(80)68-40(21-23-45(58)73)54(82)70-26-9-15-43(70)53(81)67-38(20-22-44(57)72)51(79)66-37(14-8-25-62-55(60)61)50(78)69-41(47(59)75)29-32-10-4-2-5-11-32/h2-7,10-13,16-19,36-43,71H,8-9,14-15,20-31,56H2,1H3,(H2,57,72)(H2,58,73)(H2,59,75)(H,63,77)(H,64,74)(H,65,76)(H,66,79)(H,67,81)(H,68,80)(H,69,78)(H4,60,61,62)/t36-,37-,38-,39+,40-,41-,42-,43-/m0/s1. The minimum absolute atomic E-state index is 0.0211. The summed E-state index contributed by atoms with van der Waals surface area (Å²) >= 11 is 1.42. The summed E-state index contributed by atoms with van der Waals surface area (Å²) in [5, 5.41) is 27.8. The molecule has 8 atom stereocenters. The summed E-state index contributed by atoms with van der Waals surface area (Å²) in [4.78, 5) is 153. The quantitative estimate of drug-likeness (QED) is 0.0155. The Morgan fingerprint density at radius 3 is 1.66 bits per heavy atom. The molecule has 27 nitrogen and oxygen atoms in total. The Morgan fingerprint density at radius 2 is 1.10 bits per heavy atom. The van der Waals surface area contributed by atoms with Crippen molar-refractivity contribution in [2.45, 2.75) is 125 Å². The Labute approximate surface area is 484 Å². The molecule has 1 aliphatic heterocycles. The van der Waals surface area contributed by atoms with Crippen molar-refractivity contribution in [2.24, 2.45) is 39.4 Å². The minimum atomic E-state index is -1.52. The molecule has 83 heavy (non-hydrogen) atoms. The number of nitrogens with two attached hydrogens (primary N) is 6. The summed E-state index contributed by atoms with van der Waals surface area (Å²) in [7, 11) is 0. The van der Waals surface area contributed by atoms with Crippen molar-refractivity contribution in [1.82, 2.24) is 42.1 Å². The van der Waals surface area contributed by atoms with E-state index >= 15 is 0 Å². The van der Waals surface area contributed by atoms with Crippen molar-refractivity contribution in [3.63, 3.8) is 0 Å². The highest BCUT2D eigenvalue weighted by molar-refractivity contribution is 7.98. The lowest BCUT2D eigenvalue weighted by Crippen LogP contribution is -2.60. The molecular formula is C55H77N15O12S. The van der Waals surface area contributed by atoms with Crippen molar-refractivity contribution < 1.29 is 57.8 Å². The van der Waals surface area contributed by atoms with Gasteiger partial charge in [0.25, 0.3) is 0 Å². The fourth-order valence-electron chi connectivity index (χ4n) is 8.89. The van der Waals surface area contributed by atoms with Gasteiger partial charge in [0.2, 0.25) is 65.0 Å². The zero-order valence-corrected chi connectivity index (χ0v) is 47.0. The number of aliphatic imine (C=N–C) groups is 1. The molecule has 0 aromatic heterocycles. The number of hydrogen-bond donors (Lipinski definition) is 14. The van der Waals surface area contributed by atoms with Gasteiger partial charge in [-0.25, -0.2) is 0 Å². The average molecular weight is 1170 g/mol. The van der Waals surface area contributed by atoms with Crippen molar-refractivity contribution in [1.29, 1.82) is 0 Å². The van der Waals surface area contributed by atoms with Crippen LogP contribution in [0.5, 0.6) is 5.75 Å². The van der Waals surface area contributed by atoms with E-state index in [0.29, 0.717) is 22.4 Å². The molecule has 0 unspecified atom stereocenters. The summed E-state index contributed by atoms with van der Waals surface area (Å²) in [5.74, 6) is -8.69. The number of rotatable bonds is 35. The topological polar surface area (TPSA) is 464 Å². The Morgan fingerprint density at radius 1 is 0.590 bits per heavy atom. The first kappa shape index (κ1) is 66.7.